The van der Waals surface area contributed by atoms with Crippen LogP contribution in [0.15, 0.2) is 24.7 Å². The Morgan fingerprint density at radius 3 is 2.92 bits per heavy atom. The summed E-state index contributed by atoms with van der Waals surface area (Å²) in [5.41, 5.74) is 1.33. The molecule has 1 fully saturated rings. The number of amides is 1. The van der Waals surface area contributed by atoms with E-state index in [0.29, 0.717) is 30.3 Å². The lowest BCUT2D eigenvalue weighted by Gasteiger charge is -2.13. The fraction of sp³-hybridized carbons (Fsp3) is 0.353. The quantitative estimate of drug-likeness (QED) is 0.800. The average molecular weight is 360 g/mol. The van der Waals surface area contributed by atoms with Gasteiger partial charge in [-0.1, -0.05) is 0 Å². The molecule has 1 aliphatic heterocycles. The number of rotatable bonds is 5. The number of likely N-dealkylation sites (tertiary alicyclic amines) is 1. The van der Waals surface area contributed by atoms with Crippen molar-refractivity contribution < 1.29 is 13.6 Å². The van der Waals surface area contributed by atoms with Crippen LogP contribution in [0.1, 0.15) is 30.8 Å². The van der Waals surface area contributed by atoms with Crippen molar-refractivity contribution in [2.45, 2.75) is 25.7 Å². The van der Waals surface area contributed by atoms with Gasteiger partial charge in [-0.15, -0.1) is 0 Å². The molecule has 26 heavy (non-hydrogen) atoms. The molecule has 0 aromatic carbocycles. The van der Waals surface area contributed by atoms with Crippen LogP contribution in [0.3, 0.4) is 0 Å². The van der Waals surface area contributed by atoms with E-state index < -0.39 is 12.1 Å². The summed E-state index contributed by atoms with van der Waals surface area (Å²) in [6.07, 6.45) is 3.38. The molecule has 7 nitrogen and oxygen atoms in total. The van der Waals surface area contributed by atoms with Gasteiger partial charge in [0.15, 0.2) is 0 Å². The van der Waals surface area contributed by atoms with Crippen molar-refractivity contribution >= 4 is 17.7 Å². The van der Waals surface area contributed by atoms with E-state index in [2.05, 4.69) is 19.9 Å². The zero-order chi connectivity index (χ0) is 18.7. The Morgan fingerprint density at radius 1 is 1.42 bits per heavy atom. The summed E-state index contributed by atoms with van der Waals surface area (Å²) in [5.74, 6) is 0.574. The zero-order valence-corrected chi connectivity index (χ0v) is 14.1. The van der Waals surface area contributed by atoms with Crippen molar-refractivity contribution in [2.24, 2.45) is 0 Å². The van der Waals surface area contributed by atoms with E-state index in [1.165, 1.54) is 12.4 Å². The van der Waals surface area contributed by atoms with Crippen LogP contribution in [0.25, 0.3) is 17.5 Å². The lowest BCUT2D eigenvalue weighted by molar-refractivity contribution is -0.127. The number of carbonyl (C=O) groups excluding carboxylic acids is 1. The summed E-state index contributed by atoms with van der Waals surface area (Å²) < 4.78 is 24.6. The first kappa shape index (κ1) is 17.8. The van der Waals surface area contributed by atoms with Gasteiger partial charge in [-0.3, -0.25) is 10.2 Å². The maximum Gasteiger partial charge on any atom is 0.279 e. The van der Waals surface area contributed by atoms with E-state index >= 15 is 0 Å². The van der Waals surface area contributed by atoms with Gasteiger partial charge in [0.25, 0.3) is 6.43 Å². The van der Waals surface area contributed by atoms with Crippen molar-refractivity contribution in [3.8, 4) is 11.4 Å². The van der Waals surface area contributed by atoms with Crippen LogP contribution in [0, 0.1) is 5.41 Å². The predicted octanol–water partition coefficient (Wildman–Crippen LogP) is 2.50. The molecular formula is C17H18F2N6O. The molecule has 3 rings (SSSR count). The fourth-order valence-electron chi connectivity index (χ4n) is 2.82. The number of nitrogens with one attached hydrogen (secondary N) is 2. The molecule has 1 unspecified atom stereocenters. The minimum absolute atomic E-state index is 0.0566. The first-order valence-corrected chi connectivity index (χ1v) is 8.11. The van der Waals surface area contributed by atoms with Crippen molar-refractivity contribution in [1.29, 1.82) is 5.41 Å². The third-order valence-electron chi connectivity index (χ3n) is 4.27. The molecule has 136 valence electrons. The van der Waals surface area contributed by atoms with Gasteiger partial charge in [-0.2, -0.15) is 0 Å². The Kier molecular flexibility index (Phi) is 5.15. The first-order chi connectivity index (χ1) is 12.4. The van der Waals surface area contributed by atoms with E-state index in [9.17, 15) is 13.6 Å². The summed E-state index contributed by atoms with van der Waals surface area (Å²) in [5, 5.41) is 7.11. The van der Waals surface area contributed by atoms with Gasteiger partial charge in [-0.25, -0.2) is 23.7 Å². The molecule has 2 N–H and O–H groups in total. The molecule has 0 radical (unpaired) electrons. The van der Waals surface area contributed by atoms with Crippen LogP contribution >= 0.6 is 0 Å². The van der Waals surface area contributed by atoms with Gasteiger partial charge < -0.3 is 9.88 Å². The van der Waals surface area contributed by atoms with Gasteiger partial charge in [-0.05, 0) is 24.6 Å². The number of aromatic nitrogens is 4. The molecule has 1 atom stereocenters. The lowest BCUT2D eigenvalue weighted by Crippen LogP contribution is -2.25. The molecule has 2 aromatic heterocycles. The summed E-state index contributed by atoms with van der Waals surface area (Å²) in [6.45, 7) is 2.91. The van der Waals surface area contributed by atoms with Crippen LogP contribution in [0.5, 0.6) is 0 Å². The number of nitrogens with zero attached hydrogens (tertiary/aromatic N) is 4. The molecule has 0 aliphatic carbocycles. The second-order valence-electron chi connectivity index (χ2n) is 6.05. The van der Waals surface area contributed by atoms with Gasteiger partial charge >= 0.3 is 0 Å². The van der Waals surface area contributed by atoms with E-state index in [4.69, 9.17) is 5.41 Å². The SMILES string of the molecule is CC(=O)N1CCC(c2cc(-c3cnc(/C=C\C(=N)C(F)F)[nH]3)ncn2)C1. The maximum absolute atomic E-state index is 12.3. The van der Waals surface area contributed by atoms with Crippen LogP contribution in [-0.2, 0) is 4.79 Å². The van der Waals surface area contributed by atoms with Gasteiger partial charge in [0.1, 0.15) is 12.2 Å². The summed E-state index contributed by atoms with van der Waals surface area (Å²) >= 11 is 0. The molecule has 0 saturated carbocycles. The number of imidazole rings is 1. The van der Waals surface area contributed by atoms with Crippen LogP contribution in [-0.4, -0.2) is 56.0 Å². The van der Waals surface area contributed by atoms with Gasteiger partial charge in [0.2, 0.25) is 5.91 Å². The van der Waals surface area contributed by atoms with Crippen LogP contribution in [0.4, 0.5) is 8.78 Å². The van der Waals surface area contributed by atoms with Crippen LogP contribution < -0.4 is 0 Å². The van der Waals surface area contributed by atoms with Crippen molar-refractivity contribution in [3.05, 3.63) is 36.2 Å². The van der Waals surface area contributed by atoms with E-state index in [-0.39, 0.29) is 11.8 Å². The third-order valence-corrected chi connectivity index (χ3v) is 4.27. The highest BCUT2D eigenvalue weighted by atomic mass is 19.3. The number of aromatic amines is 1. The van der Waals surface area contributed by atoms with Gasteiger partial charge in [0, 0.05) is 31.6 Å². The Bertz CT molecular complexity index is 847. The number of carbonyl (C=O) groups is 1. The second-order valence-corrected chi connectivity index (χ2v) is 6.05. The maximum atomic E-state index is 12.3. The van der Waals surface area contributed by atoms with Crippen molar-refractivity contribution in [2.75, 3.05) is 13.1 Å². The highest BCUT2D eigenvalue weighted by Gasteiger charge is 2.26. The Hall–Kier alpha value is -2.97. The number of hydrogen-bond acceptors (Lipinski definition) is 5. The van der Waals surface area contributed by atoms with Crippen molar-refractivity contribution in [1.82, 2.24) is 24.8 Å². The number of alkyl halides is 2. The fourth-order valence-corrected chi connectivity index (χ4v) is 2.82. The third kappa shape index (κ3) is 3.98. The molecule has 0 spiro atoms. The lowest BCUT2D eigenvalue weighted by atomic mass is 10.0. The molecule has 3 heterocycles. The summed E-state index contributed by atoms with van der Waals surface area (Å²) in [6, 6.07) is 1.84. The zero-order valence-electron chi connectivity index (χ0n) is 14.1. The molecule has 1 amide bonds. The minimum atomic E-state index is -2.81. The smallest absolute Gasteiger partial charge is 0.279 e. The predicted molar refractivity (Wildman–Crippen MR) is 92.0 cm³/mol. The molecule has 0 bridgehead atoms. The summed E-state index contributed by atoms with van der Waals surface area (Å²) in [4.78, 5) is 28.9. The second kappa shape index (κ2) is 7.51. The number of halogens is 2. The highest BCUT2D eigenvalue weighted by molar-refractivity contribution is 5.97. The topological polar surface area (TPSA) is 98.6 Å². The number of hydrogen-bond donors (Lipinski definition) is 2. The average Bonchev–Trinajstić information content (AvgIpc) is 3.29. The number of H-pyrrole nitrogens is 1. The normalized spacial score (nSPS) is 17.4. The monoisotopic (exact) mass is 360 g/mol. The largest absolute Gasteiger partial charge is 0.342 e. The van der Waals surface area contributed by atoms with Crippen LogP contribution in [0.2, 0.25) is 0 Å². The van der Waals surface area contributed by atoms with E-state index in [1.807, 2.05) is 6.07 Å². The van der Waals surface area contributed by atoms with E-state index in [1.54, 1.807) is 18.0 Å². The minimum Gasteiger partial charge on any atom is -0.342 e. The Balaban J connectivity index is 1.75. The Morgan fingerprint density at radius 2 is 2.23 bits per heavy atom. The standard InChI is InChI=1S/C17H18F2N6O/c1-10(26)25-5-4-11(8-25)13-6-14(23-9-22-13)15-7-21-16(24-15)3-2-12(20)17(18)19/h2-3,6-7,9,11,17,20H,4-5,8H2,1H3,(H,21,24)/b3-2-,20-12?. The van der Waals surface area contributed by atoms with Gasteiger partial charge in [0.05, 0.1) is 23.3 Å². The highest BCUT2D eigenvalue weighted by Crippen LogP contribution is 2.27. The molecule has 2 aromatic rings. The Labute approximate surface area is 148 Å². The van der Waals surface area contributed by atoms with Crippen molar-refractivity contribution in [3.63, 3.8) is 0 Å². The first-order valence-electron chi connectivity index (χ1n) is 8.11. The number of allylic oxidation sites excluding steroid dienone is 1. The molecule has 1 saturated heterocycles. The summed E-state index contributed by atoms with van der Waals surface area (Å²) in [7, 11) is 0. The molecule has 9 heteroatoms. The molecular weight excluding hydrogens is 342 g/mol. The molecule has 1 aliphatic rings. The van der Waals surface area contributed by atoms with E-state index in [0.717, 1.165) is 18.2 Å².